The Kier molecular flexibility index (Phi) is 13.9. The molecule has 6 nitrogen and oxygen atoms in total. The lowest BCUT2D eigenvalue weighted by Crippen LogP contribution is -2.29. The maximum absolute atomic E-state index is 6.65. The Labute approximate surface area is 397 Å². The summed E-state index contributed by atoms with van der Waals surface area (Å²) in [6.07, 6.45) is 3.50. The van der Waals surface area contributed by atoms with Crippen LogP contribution in [-0.4, -0.2) is 26.4 Å². The first-order chi connectivity index (χ1) is 33.1. The lowest BCUT2D eigenvalue weighted by atomic mass is 9.67. The molecule has 0 N–H and O–H groups in total. The Balaban J connectivity index is 1.39. The van der Waals surface area contributed by atoms with Crippen LogP contribution in [0.4, 0.5) is 34.1 Å². The van der Waals surface area contributed by atoms with Crippen LogP contribution in [0, 0.1) is 0 Å². The van der Waals surface area contributed by atoms with Crippen molar-refractivity contribution in [1.29, 1.82) is 0 Å². The van der Waals surface area contributed by atoms with E-state index in [9.17, 15) is 0 Å². The highest BCUT2D eigenvalue weighted by molar-refractivity contribution is 5.92. The molecule has 1 aliphatic carbocycles. The molecule has 6 heteroatoms. The average molecular weight is 885 g/mol. The third-order valence-electron chi connectivity index (χ3n) is 12.3. The van der Waals surface area contributed by atoms with Gasteiger partial charge in [-0.2, -0.15) is 0 Å². The van der Waals surface area contributed by atoms with Gasteiger partial charge in [0.2, 0.25) is 0 Å². The monoisotopic (exact) mass is 884 g/mol. The molecule has 0 amide bonds. The average Bonchev–Trinajstić information content (AvgIpc) is 3.67. The van der Waals surface area contributed by atoms with E-state index in [-0.39, 0.29) is 0 Å². The molecule has 0 saturated heterocycles. The van der Waals surface area contributed by atoms with Gasteiger partial charge >= 0.3 is 0 Å². The van der Waals surface area contributed by atoms with Gasteiger partial charge in [0, 0.05) is 34.1 Å². The van der Waals surface area contributed by atoms with Crippen molar-refractivity contribution >= 4 is 34.1 Å². The molecule has 1 aliphatic rings. The highest BCUT2D eigenvalue weighted by Gasteiger charge is 2.48. The summed E-state index contributed by atoms with van der Waals surface area (Å²) in [4.78, 5) is 4.70. The molecule has 9 rings (SSSR count). The van der Waals surface area contributed by atoms with Gasteiger partial charge in [0.25, 0.3) is 0 Å². The number of ether oxygens (including phenoxy) is 4. The summed E-state index contributed by atoms with van der Waals surface area (Å²) in [5.74, 6) is 2.93. The van der Waals surface area contributed by atoms with E-state index in [2.05, 4.69) is 232 Å². The quantitative estimate of drug-likeness (QED) is 0.0760. The summed E-state index contributed by atoms with van der Waals surface area (Å²) in [7, 11) is 0. The second-order valence-corrected chi connectivity index (χ2v) is 16.9. The van der Waals surface area contributed by atoms with Gasteiger partial charge in [-0.3, -0.25) is 0 Å². The number of para-hydroxylation sites is 4. The van der Waals surface area contributed by atoms with E-state index in [0.29, 0.717) is 26.4 Å². The number of nitrogens with zero attached hydrogens (tertiary/aromatic N) is 2. The fourth-order valence-corrected chi connectivity index (χ4v) is 9.36. The summed E-state index contributed by atoms with van der Waals surface area (Å²) < 4.78 is 26.1. The van der Waals surface area contributed by atoms with E-state index in [1.807, 2.05) is 0 Å². The van der Waals surface area contributed by atoms with Crippen LogP contribution >= 0.6 is 0 Å². The molecule has 67 heavy (non-hydrogen) atoms. The van der Waals surface area contributed by atoms with Crippen LogP contribution in [0.1, 0.15) is 75.6 Å². The van der Waals surface area contributed by atoms with Gasteiger partial charge in [-0.1, -0.05) is 125 Å². The zero-order chi connectivity index (χ0) is 46.0. The van der Waals surface area contributed by atoms with Crippen molar-refractivity contribution in [2.75, 3.05) is 36.2 Å². The third-order valence-corrected chi connectivity index (χ3v) is 12.3. The van der Waals surface area contributed by atoms with E-state index in [0.717, 1.165) is 116 Å². The number of benzene rings is 8. The maximum atomic E-state index is 6.65. The van der Waals surface area contributed by atoms with Gasteiger partial charge in [-0.25, -0.2) is 0 Å². The van der Waals surface area contributed by atoms with Crippen molar-refractivity contribution in [2.45, 2.75) is 58.8 Å². The van der Waals surface area contributed by atoms with Gasteiger partial charge in [0.1, 0.15) is 0 Å². The first-order valence-electron chi connectivity index (χ1n) is 24.0. The van der Waals surface area contributed by atoms with E-state index in [4.69, 9.17) is 18.9 Å². The molecule has 0 saturated carbocycles. The molecule has 0 radical (unpaired) electrons. The molecule has 8 aromatic carbocycles. The van der Waals surface area contributed by atoms with Crippen molar-refractivity contribution < 1.29 is 18.9 Å². The molecule has 0 unspecified atom stereocenters. The lowest BCUT2D eigenvalue weighted by Gasteiger charge is -2.36. The number of anilines is 6. The van der Waals surface area contributed by atoms with Gasteiger partial charge in [0.05, 0.1) is 31.8 Å². The Bertz CT molecular complexity index is 2590. The van der Waals surface area contributed by atoms with Gasteiger partial charge in [-0.15, -0.1) is 0 Å². The van der Waals surface area contributed by atoms with Crippen LogP contribution in [0.15, 0.2) is 194 Å². The minimum Gasteiger partial charge on any atom is -0.490 e. The molecular weight excluding hydrogens is 825 g/mol. The Morgan fingerprint density at radius 1 is 0.313 bits per heavy atom. The molecule has 8 aromatic rings. The zero-order valence-corrected chi connectivity index (χ0v) is 39.2. The van der Waals surface area contributed by atoms with Crippen LogP contribution in [-0.2, 0) is 5.41 Å². The highest BCUT2D eigenvalue weighted by Crippen LogP contribution is 2.60. The normalized spacial score (nSPS) is 12.2. The number of hydrogen-bond donors (Lipinski definition) is 0. The summed E-state index contributed by atoms with van der Waals surface area (Å²) >= 11 is 0. The standard InChI is InChI=1S/C61H60N2O4/c1-5-37-64-57-35-29-45(41-59(57)66-39-7-3)61(46-30-36-58(65-38-6-2)60(42-46)67-40-8-4)55-43-51(62(47-21-13-9-14-22-47)48-23-15-10-16-24-48)31-33-53(55)54-34-32-52(44-56(54)61)63(49-25-17-11-18-26-49)50-27-19-12-20-28-50/h9-36,41-44H,5-8,37-40H2,1-4H3. The van der Waals surface area contributed by atoms with Crippen molar-refractivity contribution in [1.82, 2.24) is 0 Å². The molecule has 0 atom stereocenters. The predicted molar refractivity (Wildman–Crippen MR) is 276 cm³/mol. The fraction of sp³-hybridized carbons (Fsp3) is 0.213. The van der Waals surface area contributed by atoms with Crippen LogP contribution in [0.3, 0.4) is 0 Å². The number of rotatable bonds is 20. The number of hydrogen-bond acceptors (Lipinski definition) is 6. The second kappa shape index (κ2) is 20.8. The summed E-state index contributed by atoms with van der Waals surface area (Å²) in [5.41, 5.74) is 12.2. The second-order valence-electron chi connectivity index (χ2n) is 16.9. The third kappa shape index (κ3) is 8.96. The Morgan fingerprint density at radius 2 is 0.627 bits per heavy atom. The first-order valence-corrected chi connectivity index (χ1v) is 24.0. The van der Waals surface area contributed by atoms with Gasteiger partial charge in [0.15, 0.2) is 23.0 Å². The molecule has 0 bridgehead atoms. The zero-order valence-electron chi connectivity index (χ0n) is 39.2. The fourth-order valence-electron chi connectivity index (χ4n) is 9.36. The largest absolute Gasteiger partial charge is 0.490 e. The minimum atomic E-state index is -0.893. The molecule has 338 valence electrons. The molecule has 0 fully saturated rings. The highest BCUT2D eigenvalue weighted by atomic mass is 16.5. The topological polar surface area (TPSA) is 43.4 Å². The predicted octanol–water partition coefficient (Wildman–Crippen LogP) is 16.1. The minimum absolute atomic E-state index is 0.561. The summed E-state index contributed by atoms with van der Waals surface area (Å²) in [5, 5.41) is 0. The molecule has 0 spiro atoms. The molecule has 0 heterocycles. The van der Waals surface area contributed by atoms with Gasteiger partial charge in [-0.05, 0) is 156 Å². The van der Waals surface area contributed by atoms with E-state index in [1.54, 1.807) is 0 Å². The van der Waals surface area contributed by atoms with E-state index in [1.165, 1.54) is 0 Å². The summed E-state index contributed by atoms with van der Waals surface area (Å²) in [6.45, 7) is 10.8. The number of fused-ring (bicyclic) bond motifs is 3. The van der Waals surface area contributed by atoms with Crippen LogP contribution < -0.4 is 28.7 Å². The SMILES string of the molecule is CCCOc1ccc(C2(c3ccc(OCCC)c(OCCC)c3)c3cc(N(c4ccccc4)c4ccccc4)ccc3-c3ccc(N(c4ccccc4)c4ccccc4)cc32)cc1OCCC. The summed E-state index contributed by atoms with van der Waals surface area (Å²) in [6, 6.07) is 69.6. The lowest BCUT2D eigenvalue weighted by molar-refractivity contribution is 0.267. The van der Waals surface area contributed by atoms with Gasteiger partial charge < -0.3 is 28.7 Å². The van der Waals surface area contributed by atoms with Crippen LogP contribution in [0.25, 0.3) is 11.1 Å². The van der Waals surface area contributed by atoms with Crippen molar-refractivity contribution in [3.8, 4) is 34.1 Å². The van der Waals surface area contributed by atoms with Crippen molar-refractivity contribution in [3.05, 3.63) is 216 Å². The smallest absolute Gasteiger partial charge is 0.161 e. The molecule has 0 aliphatic heterocycles. The first kappa shape index (κ1) is 44.7. The maximum Gasteiger partial charge on any atom is 0.161 e. The Hall–Kier alpha value is -7.44. The molecule has 0 aromatic heterocycles. The van der Waals surface area contributed by atoms with Crippen molar-refractivity contribution in [2.24, 2.45) is 0 Å². The van der Waals surface area contributed by atoms with E-state index < -0.39 is 5.41 Å². The van der Waals surface area contributed by atoms with Crippen molar-refractivity contribution in [3.63, 3.8) is 0 Å². The van der Waals surface area contributed by atoms with Crippen LogP contribution in [0.5, 0.6) is 23.0 Å². The van der Waals surface area contributed by atoms with Crippen LogP contribution in [0.2, 0.25) is 0 Å². The Morgan fingerprint density at radius 3 is 0.940 bits per heavy atom. The van der Waals surface area contributed by atoms with E-state index >= 15 is 0 Å². The molecular formula is C61H60N2O4.